The second-order valence-electron chi connectivity index (χ2n) is 9.32. The number of fused-ring (bicyclic) bond motifs is 2. The summed E-state index contributed by atoms with van der Waals surface area (Å²) in [6.45, 7) is 3.98. The zero-order chi connectivity index (χ0) is 24.6. The predicted molar refractivity (Wildman–Crippen MR) is 134 cm³/mol. The summed E-state index contributed by atoms with van der Waals surface area (Å²) in [6.07, 6.45) is 2.29. The molecular weight excluding hydrogens is 462 g/mol. The molecule has 10 heteroatoms. The van der Waals surface area contributed by atoms with Gasteiger partial charge in [-0.25, -0.2) is 9.78 Å². The normalized spacial score (nSPS) is 21.4. The molecule has 0 bridgehead atoms. The number of rotatable bonds is 6. The maximum atomic E-state index is 12.7. The van der Waals surface area contributed by atoms with Crippen molar-refractivity contribution < 1.29 is 23.7 Å². The molecule has 3 aromatic rings. The van der Waals surface area contributed by atoms with E-state index in [4.69, 9.17) is 18.9 Å². The minimum atomic E-state index is -0.332. The zero-order valence-corrected chi connectivity index (χ0v) is 20.4. The van der Waals surface area contributed by atoms with Crippen LogP contribution in [0, 0.1) is 0 Å². The van der Waals surface area contributed by atoms with Crippen LogP contribution in [-0.2, 0) is 4.74 Å². The molecule has 36 heavy (non-hydrogen) atoms. The largest absolute Gasteiger partial charge is 0.486 e. The third-order valence-electron chi connectivity index (χ3n) is 7.08. The van der Waals surface area contributed by atoms with Gasteiger partial charge in [-0.3, -0.25) is 14.8 Å². The van der Waals surface area contributed by atoms with Crippen molar-refractivity contribution in [3.8, 4) is 17.4 Å². The Morgan fingerprint density at radius 3 is 2.83 bits per heavy atom. The summed E-state index contributed by atoms with van der Waals surface area (Å²) < 4.78 is 22.3. The van der Waals surface area contributed by atoms with Crippen molar-refractivity contribution in [3.63, 3.8) is 0 Å². The third kappa shape index (κ3) is 4.21. The number of anilines is 2. The van der Waals surface area contributed by atoms with Gasteiger partial charge in [0, 0.05) is 44.0 Å². The van der Waals surface area contributed by atoms with E-state index in [0.29, 0.717) is 49.7 Å². The molecule has 0 spiro atoms. The van der Waals surface area contributed by atoms with Crippen LogP contribution in [0.3, 0.4) is 0 Å². The monoisotopic (exact) mass is 491 g/mol. The Kier molecular flexibility index (Phi) is 5.88. The number of hydrogen-bond donors (Lipinski definition) is 0. The maximum Gasteiger partial charge on any atom is 0.414 e. The van der Waals surface area contributed by atoms with E-state index < -0.39 is 0 Å². The minimum absolute atomic E-state index is 0.211. The molecular formula is C26H29N5O5. The molecule has 2 fully saturated rings. The van der Waals surface area contributed by atoms with Crippen LogP contribution >= 0.6 is 0 Å². The van der Waals surface area contributed by atoms with Gasteiger partial charge in [-0.15, -0.1) is 0 Å². The van der Waals surface area contributed by atoms with Gasteiger partial charge in [-0.2, -0.15) is 0 Å². The third-order valence-corrected chi connectivity index (χ3v) is 7.08. The molecule has 2 aromatic heterocycles. The number of pyridine rings is 2. The second-order valence-corrected chi connectivity index (χ2v) is 9.32. The number of carbonyl (C=O) groups is 1. The summed E-state index contributed by atoms with van der Waals surface area (Å²) in [5.74, 6) is 1.94. The summed E-state index contributed by atoms with van der Waals surface area (Å²) in [5, 5.41) is 0. The van der Waals surface area contributed by atoms with E-state index in [0.717, 1.165) is 41.9 Å². The van der Waals surface area contributed by atoms with Crippen LogP contribution in [0.1, 0.15) is 6.42 Å². The number of benzene rings is 1. The first-order valence-corrected chi connectivity index (χ1v) is 12.2. The molecule has 5 heterocycles. The molecule has 2 saturated heterocycles. The van der Waals surface area contributed by atoms with Crippen LogP contribution in [0.25, 0.3) is 11.0 Å². The molecule has 3 aliphatic heterocycles. The molecule has 1 amide bonds. The Hall–Kier alpha value is -3.79. The molecule has 1 aromatic carbocycles. The van der Waals surface area contributed by atoms with Gasteiger partial charge in [0.15, 0.2) is 11.5 Å². The summed E-state index contributed by atoms with van der Waals surface area (Å²) in [5.41, 5.74) is 3.52. The smallest absolute Gasteiger partial charge is 0.414 e. The topological polar surface area (TPSA) is 89.5 Å². The van der Waals surface area contributed by atoms with E-state index in [9.17, 15) is 4.79 Å². The second kappa shape index (κ2) is 9.34. The van der Waals surface area contributed by atoms with Crippen molar-refractivity contribution in [3.05, 3.63) is 42.6 Å². The van der Waals surface area contributed by atoms with Gasteiger partial charge < -0.3 is 23.8 Å². The SMILES string of the molecule is COc1ccc2nccc(N3CCC(N(C)CC4CN(c5ccc6c(c5)OCCO6)C(=O)O4)C3)c2n1. The fraction of sp³-hybridized carbons (Fsp3) is 0.423. The van der Waals surface area contributed by atoms with Crippen LogP contribution in [0.15, 0.2) is 42.6 Å². The fourth-order valence-corrected chi connectivity index (χ4v) is 5.18. The van der Waals surface area contributed by atoms with Gasteiger partial charge in [0.25, 0.3) is 0 Å². The van der Waals surface area contributed by atoms with Gasteiger partial charge in [0.05, 0.1) is 30.5 Å². The van der Waals surface area contributed by atoms with Gasteiger partial charge in [0.1, 0.15) is 24.8 Å². The highest BCUT2D eigenvalue weighted by Crippen LogP contribution is 2.35. The fourth-order valence-electron chi connectivity index (χ4n) is 5.18. The molecule has 10 nitrogen and oxygen atoms in total. The number of likely N-dealkylation sites (N-methyl/N-ethyl adjacent to an activating group) is 1. The number of cyclic esters (lactones) is 1. The van der Waals surface area contributed by atoms with Crippen molar-refractivity contribution in [2.24, 2.45) is 0 Å². The Labute approximate surface area is 209 Å². The lowest BCUT2D eigenvalue weighted by Gasteiger charge is -2.27. The summed E-state index contributed by atoms with van der Waals surface area (Å²) >= 11 is 0. The molecule has 6 rings (SSSR count). The summed E-state index contributed by atoms with van der Waals surface area (Å²) in [6, 6.07) is 11.7. The van der Waals surface area contributed by atoms with E-state index in [1.165, 1.54) is 0 Å². The number of aromatic nitrogens is 2. The van der Waals surface area contributed by atoms with Gasteiger partial charge in [-0.1, -0.05) is 0 Å². The van der Waals surface area contributed by atoms with E-state index in [-0.39, 0.29) is 12.2 Å². The zero-order valence-electron chi connectivity index (χ0n) is 20.4. The molecule has 0 N–H and O–H groups in total. The molecule has 0 saturated carbocycles. The van der Waals surface area contributed by atoms with E-state index in [1.807, 2.05) is 42.6 Å². The first-order chi connectivity index (χ1) is 17.6. The lowest BCUT2D eigenvalue weighted by Crippen LogP contribution is -2.40. The molecule has 0 radical (unpaired) electrons. The Morgan fingerprint density at radius 1 is 1.11 bits per heavy atom. The van der Waals surface area contributed by atoms with Crippen LogP contribution in [0.5, 0.6) is 17.4 Å². The van der Waals surface area contributed by atoms with E-state index in [2.05, 4.69) is 26.8 Å². The molecule has 2 unspecified atom stereocenters. The Balaban J connectivity index is 1.10. The first-order valence-electron chi connectivity index (χ1n) is 12.2. The van der Waals surface area contributed by atoms with Crippen LogP contribution in [0.4, 0.5) is 16.2 Å². The van der Waals surface area contributed by atoms with Gasteiger partial charge >= 0.3 is 6.09 Å². The van der Waals surface area contributed by atoms with Crippen LogP contribution in [-0.4, -0.2) is 86.7 Å². The Morgan fingerprint density at radius 2 is 1.97 bits per heavy atom. The van der Waals surface area contributed by atoms with Crippen molar-refractivity contribution in [2.45, 2.75) is 18.6 Å². The standard InChI is InChI=1S/C26H29N5O5/c1-29(15-19-16-31(26(32)36-19)17-3-5-22-23(13-17)35-12-11-34-22)18-8-10-30(14-18)21-7-9-27-20-4-6-24(33-2)28-25(20)21/h3-7,9,13,18-19H,8,10-12,14-16H2,1-2H3. The summed E-state index contributed by atoms with van der Waals surface area (Å²) in [4.78, 5) is 28.1. The molecule has 2 atom stereocenters. The lowest BCUT2D eigenvalue weighted by atomic mass is 10.2. The number of ether oxygens (including phenoxy) is 4. The quantitative estimate of drug-likeness (QED) is 0.516. The maximum absolute atomic E-state index is 12.7. The lowest BCUT2D eigenvalue weighted by molar-refractivity contribution is 0.106. The number of nitrogens with zero attached hydrogens (tertiary/aromatic N) is 5. The van der Waals surface area contributed by atoms with Crippen LogP contribution in [0.2, 0.25) is 0 Å². The predicted octanol–water partition coefficient (Wildman–Crippen LogP) is 2.95. The van der Waals surface area contributed by atoms with Crippen LogP contribution < -0.4 is 24.0 Å². The van der Waals surface area contributed by atoms with E-state index >= 15 is 0 Å². The highest BCUT2D eigenvalue weighted by atomic mass is 16.6. The van der Waals surface area contributed by atoms with E-state index in [1.54, 1.807) is 12.0 Å². The highest BCUT2D eigenvalue weighted by Gasteiger charge is 2.36. The number of hydrogen-bond acceptors (Lipinski definition) is 9. The number of amides is 1. The molecule has 188 valence electrons. The number of carbonyl (C=O) groups excluding carboxylic acids is 1. The molecule has 0 aliphatic carbocycles. The number of methoxy groups -OCH3 is 1. The van der Waals surface area contributed by atoms with Crippen molar-refractivity contribution in [1.82, 2.24) is 14.9 Å². The van der Waals surface area contributed by atoms with Gasteiger partial charge in [0.2, 0.25) is 5.88 Å². The van der Waals surface area contributed by atoms with Gasteiger partial charge in [-0.05, 0) is 37.7 Å². The average molecular weight is 492 g/mol. The molecule has 3 aliphatic rings. The van der Waals surface area contributed by atoms with Crippen molar-refractivity contribution >= 4 is 28.5 Å². The average Bonchev–Trinajstić information content (AvgIpc) is 3.54. The van der Waals surface area contributed by atoms with Crippen molar-refractivity contribution in [2.75, 3.05) is 63.4 Å². The summed E-state index contributed by atoms with van der Waals surface area (Å²) in [7, 11) is 3.72. The minimum Gasteiger partial charge on any atom is -0.486 e. The first kappa shape index (κ1) is 22.7. The van der Waals surface area contributed by atoms with Crippen molar-refractivity contribution in [1.29, 1.82) is 0 Å². The highest BCUT2D eigenvalue weighted by molar-refractivity contribution is 5.90. The Bertz CT molecular complexity index is 1290.